The third-order valence-electron chi connectivity index (χ3n) is 4.78. The van der Waals surface area contributed by atoms with Gasteiger partial charge in [-0.3, -0.25) is 9.59 Å². The van der Waals surface area contributed by atoms with Crippen molar-refractivity contribution in [2.24, 2.45) is 5.10 Å². The second-order valence-corrected chi connectivity index (χ2v) is 8.64. The minimum Gasteiger partial charge on any atom is -0.457 e. The highest BCUT2D eigenvalue weighted by Crippen LogP contribution is 2.23. The highest BCUT2D eigenvalue weighted by molar-refractivity contribution is 9.10. The van der Waals surface area contributed by atoms with Gasteiger partial charge >= 0.3 is 5.97 Å². The Balaban J connectivity index is 1.37. The zero-order valence-electron chi connectivity index (χ0n) is 18.4. The van der Waals surface area contributed by atoms with Crippen LogP contribution < -0.4 is 15.5 Å². The molecule has 0 fully saturated rings. The van der Waals surface area contributed by atoms with Crippen LogP contribution in [0.5, 0.6) is 5.75 Å². The standard InChI is InChI=1S/C26H17BrClN3O5/c27-19-7-12-22(36-26(34)23-2-1-13-35-23)18(14-19)15-29-31-25(33)17-5-10-21(11-6-17)30-24(32)16-3-8-20(28)9-4-16/h1-15H,(H,30,32)(H,31,33)/b29-15-. The summed E-state index contributed by atoms with van der Waals surface area (Å²) >= 11 is 9.20. The summed E-state index contributed by atoms with van der Waals surface area (Å²) in [5, 5.41) is 7.25. The van der Waals surface area contributed by atoms with Crippen LogP contribution in [0.4, 0.5) is 5.69 Å². The van der Waals surface area contributed by atoms with Gasteiger partial charge in [-0.05, 0) is 78.9 Å². The number of furan rings is 1. The Morgan fingerprint density at radius 3 is 2.31 bits per heavy atom. The van der Waals surface area contributed by atoms with E-state index in [1.807, 2.05) is 0 Å². The number of nitrogens with zero attached hydrogens (tertiary/aromatic N) is 1. The number of esters is 1. The average Bonchev–Trinajstić information content (AvgIpc) is 3.42. The monoisotopic (exact) mass is 565 g/mol. The first kappa shape index (κ1) is 24.9. The lowest BCUT2D eigenvalue weighted by molar-refractivity contribution is 0.0700. The van der Waals surface area contributed by atoms with Gasteiger partial charge in [0.15, 0.2) is 0 Å². The van der Waals surface area contributed by atoms with E-state index in [1.165, 1.54) is 18.5 Å². The lowest BCUT2D eigenvalue weighted by Crippen LogP contribution is -2.18. The SMILES string of the molecule is O=C(N/N=C\c1cc(Br)ccc1OC(=O)c1ccco1)c1ccc(NC(=O)c2ccc(Cl)cc2)cc1. The first-order valence-corrected chi connectivity index (χ1v) is 11.6. The van der Waals surface area contributed by atoms with E-state index in [0.717, 1.165) is 4.47 Å². The molecule has 0 spiro atoms. The summed E-state index contributed by atoms with van der Waals surface area (Å²) < 4.78 is 11.1. The van der Waals surface area contributed by atoms with E-state index in [1.54, 1.807) is 72.8 Å². The molecule has 0 bridgehead atoms. The van der Waals surface area contributed by atoms with Crippen molar-refractivity contribution in [1.29, 1.82) is 0 Å². The zero-order valence-corrected chi connectivity index (χ0v) is 20.7. The number of hydrogen-bond acceptors (Lipinski definition) is 6. The van der Waals surface area contributed by atoms with Crippen molar-refractivity contribution in [1.82, 2.24) is 5.43 Å². The molecule has 2 N–H and O–H groups in total. The van der Waals surface area contributed by atoms with Crippen molar-refractivity contribution in [3.63, 3.8) is 0 Å². The Morgan fingerprint density at radius 1 is 0.917 bits per heavy atom. The fraction of sp³-hybridized carbons (Fsp3) is 0. The predicted octanol–water partition coefficient (Wildman–Crippen LogP) is 5.93. The molecule has 0 atom stereocenters. The van der Waals surface area contributed by atoms with Crippen LogP contribution >= 0.6 is 27.5 Å². The van der Waals surface area contributed by atoms with E-state index >= 15 is 0 Å². The summed E-state index contributed by atoms with van der Waals surface area (Å²) in [5.41, 5.74) is 4.18. The normalized spacial score (nSPS) is 10.7. The number of rotatable bonds is 7. The largest absolute Gasteiger partial charge is 0.457 e. The number of carbonyl (C=O) groups is 3. The molecule has 3 aromatic carbocycles. The van der Waals surface area contributed by atoms with Crippen LogP contribution in [0.2, 0.25) is 5.02 Å². The minimum absolute atomic E-state index is 0.0573. The molecular formula is C26H17BrClN3O5. The van der Waals surface area contributed by atoms with E-state index in [9.17, 15) is 14.4 Å². The van der Waals surface area contributed by atoms with Crippen molar-refractivity contribution in [2.75, 3.05) is 5.32 Å². The van der Waals surface area contributed by atoms with Crippen molar-refractivity contribution in [2.45, 2.75) is 0 Å². The number of amides is 2. The van der Waals surface area contributed by atoms with Crippen LogP contribution in [0.1, 0.15) is 36.8 Å². The van der Waals surface area contributed by atoms with Crippen molar-refractivity contribution in [3.8, 4) is 5.75 Å². The molecule has 0 saturated carbocycles. The van der Waals surface area contributed by atoms with E-state index in [2.05, 4.69) is 31.8 Å². The molecule has 4 rings (SSSR count). The van der Waals surface area contributed by atoms with E-state index < -0.39 is 11.9 Å². The molecule has 8 nitrogen and oxygen atoms in total. The molecule has 180 valence electrons. The van der Waals surface area contributed by atoms with Gasteiger partial charge in [-0.25, -0.2) is 10.2 Å². The predicted molar refractivity (Wildman–Crippen MR) is 139 cm³/mol. The maximum absolute atomic E-state index is 12.5. The van der Waals surface area contributed by atoms with Crippen LogP contribution in [0.15, 0.2) is 99.1 Å². The van der Waals surface area contributed by atoms with Crippen molar-refractivity contribution in [3.05, 3.63) is 117 Å². The van der Waals surface area contributed by atoms with E-state index in [-0.39, 0.29) is 17.4 Å². The maximum Gasteiger partial charge on any atom is 0.379 e. The van der Waals surface area contributed by atoms with Crippen LogP contribution in [0, 0.1) is 0 Å². The van der Waals surface area contributed by atoms with Gasteiger partial charge in [-0.2, -0.15) is 5.10 Å². The summed E-state index contributed by atoms with van der Waals surface area (Å²) in [4.78, 5) is 37.0. The molecular weight excluding hydrogens is 550 g/mol. The number of halogens is 2. The van der Waals surface area contributed by atoms with Gasteiger partial charge in [-0.1, -0.05) is 27.5 Å². The topological polar surface area (TPSA) is 110 Å². The molecule has 0 aliphatic heterocycles. The molecule has 0 unspecified atom stereocenters. The molecule has 36 heavy (non-hydrogen) atoms. The first-order valence-electron chi connectivity index (χ1n) is 10.4. The Kier molecular flexibility index (Phi) is 7.94. The molecule has 0 aliphatic rings. The molecule has 0 saturated heterocycles. The lowest BCUT2D eigenvalue weighted by Gasteiger charge is -2.07. The van der Waals surface area contributed by atoms with Crippen LogP contribution in [0.25, 0.3) is 0 Å². The van der Waals surface area contributed by atoms with Crippen LogP contribution in [-0.2, 0) is 0 Å². The van der Waals surface area contributed by atoms with Gasteiger partial charge in [0.25, 0.3) is 11.8 Å². The number of carbonyl (C=O) groups excluding carboxylic acids is 3. The van der Waals surface area contributed by atoms with Gasteiger partial charge < -0.3 is 14.5 Å². The third kappa shape index (κ3) is 6.47. The second-order valence-electron chi connectivity index (χ2n) is 7.29. The number of hydrazone groups is 1. The summed E-state index contributed by atoms with van der Waals surface area (Å²) in [6.07, 6.45) is 2.73. The van der Waals surface area contributed by atoms with E-state index in [4.69, 9.17) is 20.8 Å². The van der Waals surface area contributed by atoms with Gasteiger partial charge in [0.2, 0.25) is 5.76 Å². The Bertz CT molecular complexity index is 1420. The Labute approximate surface area is 219 Å². The molecule has 0 radical (unpaired) electrons. The quantitative estimate of drug-likeness (QED) is 0.125. The molecule has 10 heteroatoms. The summed E-state index contributed by atoms with van der Waals surface area (Å²) in [6, 6.07) is 20.8. The molecule has 1 aromatic heterocycles. The highest BCUT2D eigenvalue weighted by Gasteiger charge is 2.14. The smallest absolute Gasteiger partial charge is 0.379 e. The fourth-order valence-electron chi connectivity index (χ4n) is 2.99. The van der Waals surface area contributed by atoms with Crippen LogP contribution in [-0.4, -0.2) is 24.0 Å². The molecule has 0 aliphatic carbocycles. The summed E-state index contributed by atoms with van der Waals surface area (Å²) in [6.45, 7) is 0. The first-order chi connectivity index (χ1) is 17.4. The lowest BCUT2D eigenvalue weighted by atomic mass is 10.1. The molecule has 2 amide bonds. The van der Waals surface area contributed by atoms with Gasteiger partial charge in [-0.15, -0.1) is 0 Å². The number of nitrogens with one attached hydrogen (secondary N) is 2. The van der Waals surface area contributed by atoms with Gasteiger partial charge in [0, 0.05) is 31.9 Å². The minimum atomic E-state index is -0.663. The summed E-state index contributed by atoms with van der Waals surface area (Å²) in [7, 11) is 0. The van der Waals surface area contributed by atoms with Crippen molar-refractivity contribution >= 4 is 57.2 Å². The second kappa shape index (κ2) is 11.5. The summed E-state index contributed by atoms with van der Waals surface area (Å²) in [5.74, 6) is -1.14. The fourth-order valence-corrected chi connectivity index (χ4v) is 3.50. The zero-order chi connectivity index (χ0) is 25.5. The molecule has 4 aromatic rings. The number of anilines is 1. The van der Waals surface area contributed by atoms with Gasteiger partial charge in [0.05, 0.1) is 12.5 Å². The average molecular weight is 567 g/mol. The van der Waals surface area contributed by atoms with Crippen LogP contribution in [0.3, 0.4) is 0 Å². The highest BCUT2D eigenvalue weighted by atomic mass is 79.9. The number of benzene rings is 3. The Morgan fingerprint density at radius 2 is 1.61 bits per heavy atom. The Hall–Kier alpha value is -4.21. The van der Waals surface area contributed by atoms with E-state index in [0.29, 0.717) is 27.4 Å². The van der Waals surface area contributed by atoms with Gasteiger partial charge in [0.1, 0.15) is 5.75 Å². The van der Waals surface area contributed by atoms with Crippen molar-refractivity contribution < 1.29 is 23.5 Å². The third-order valence-corrected chi connectivity index (χ3v) is 5.52. The molecule has 1 heterocycles. The number of ether oxygens (including phenoxy) is 1. The maximum atomic E-state index is 12.5. The number of hydrogen-bond donors (Lipinski definition) is 2.